The van der Waals surface area contributed by atoms with Gasteiger partial charge in [0, 0.05) is 43.1 Å². The number of benzene rings is 1. The van der Waals surface area contributed by atoms with Crippen molar-refractivity contribution in [3.8, 4) is 0 Å². The molecule has 1 saturated heterocycles. The number of nitrogens with one attached hydrogen (secondary N) is 1. The smallest absolute Gasteiger partial charge is 0.187 e. The monoisotopic (exact) mass is 354 g/mol. The van der Waals surface area contributed by atoms with E-state index in [9.17, 15) is 0 Å². The predicted octanol–water partition coefficient (Wildman–Crippen LogP) is 3.80. The van der Waals surface area contributed by atoms with Crippen LogP contribution < -0.4 is 5.32 Å². The SMILES string of the molecule is Cn1cccc1[C@H]1COCCN1Cc1csc(Nc2ccccc2)n1. The van der Waals surface area contributed by atoms with Crippen molar-refractivity contribution in [1.82, 2.24) is 14.5 Å². The number of nitrogens with zero attached hydrogens (tertiary/aromatic N) is 3. The van der Waals surface area contributed by atoms with E-state index in [4.69, 9.17) is 9.72 Å². The Balaban J connectivity index is 1.46. The topological polar surface area (TPSA) is 42.3 Å². The molecule has 1 N–H and O–H groups in total. The van der Waals surface area contributed by atoms with E-state index in [0.717, 1.165) is 42.8 Å². The Morgan fingerprint density at radius 2 is 2.12 bits per heavy atom. The molecule has 0 radical (unpaired) electrons. The Morgan fingerprint density at radius 1 is 1.24 bits per heavy atom. The van der Waals surface area contributed by atoms with Gasteiger partial charge in [-0.2, -0.15) is 0 Å². The molecule has 1 aliphatic heterocycles. The lowest BCUT2D eigenvalue weighted by atomic mass is 10.1. The number of aryl methyl sites for hydroxylation is 1. The highest BCUT2D eigenvalue weighted by Crippen LogP contribution is 2.27. The van der Waals surface area contributed by atoms with Crippen LogP contribution in [0.5, 0.6) is 0 Å². The van der Waals surface area contributed by atoms with Crippen molar-refractivity contribution in [2.75, 3.05) is 25.1 Å². The van der Waals surface area contributed by atoms with E-state index in [1.54, 1.807) is 11.3 Å². The van der Waals surface area contributed by atoms with Crippen molar-refractivity contribution < 1.29 is 4.74 Å². The maximum atomic E-state index is 5.73. The summed E-state index contributed by atoms with van der Waals surface area (Å²) in [4.78, 5) is 7.21. The van der Waals surface area contributed by atoms with E-state index in [-0.39, 0.29) is 6.04 Å². The van der Waals surface area contributed by atoms with E-state index in [0.29, 0.717) is 0 Å². The lowest BCUT2D eigenvalue weighted by molar-refractivity contribution is -0.0156. The van der Waals surface area contributed by atoms with Gasteiger partial charge in [-0.15, -0.1) is 11.3 Å². The van der Waals surface area contributed by atoms with Gasteiger partial charge < -0.3 is 14.6 Å². The molecule has 0 spiro atoms. The average molecular weight is 354 g/mol. The number of hydrogen-bond acceptors (Lipinski definition) is 5. The highest BCUT2D eigenvalue weighted by molar-refractivity contribution is 7.13. The van der Waals surface area contributed by atoms with Crippen LogP contribution in [0.2, 0.25) is 0 Å². The summed E-state index contributed by atoms with van der Waals surface area (Å²) in [5.74, 6) is 0. The van der Waals surface area contributed by atoms with Gasteiger partial charge >= 0.3 is 0 Å². The van der Waals surface area contributed by atoms with Crippen LogP contribution in [0.3, 0.4) is 0 Å². The van der Waals surface area contributed by atoms with E-state index < -0.39 is 0 Å². The molecule has 1 fully saturated rings. The standard InChI is InChI=1S/C19H22N4OS/c1-22-9-5-8-17(22)18-13-24-11-10-23(18)12-16-14-25-19(21-16)20-15-6-3-2-4-7-15/h2-9,14,18H,10-13H2,1H3,(H,20,21)/t18-/m1/s1. The fourth-order valence-corrected chi connectivity index (χ4v) is 3.93. The number of hydrogen-bond donors (Lipinski definition) is 1. The van der Waals surface area contributed by atoms with Crippen LogP contribution in [0.25, 0.3) is 0 Å². The maximum Gasteiger partial charge on any atom is 0.187 e. The van der Waals surface area contributed by atoms with Crippen molar-refractivity contribution in [2.45, 2.75) is 12.6 Å². The molecule has 6 heteroatoms. The van der Waals surface area contributed by atoms with Gasteiger partial charge in [0.25, 0.3) is 0 Å². The molecular weight excluding hydrogens is 332 g/mol. The van der Waals surface area contributed by atoms with Crippen molar-refractivity contribution in [1.29, 1.82) is 0 Å². The predicted molar refractivity (Wildman–Crippen MR) is 101 cm³/mol. The molecule has 0 aliphatic carbocycles. The molecule has 130 valence electrons. The van der Waals surface area contributed by atoms with Crippen LogP contribution in [-0.2, 0) is 18.3 Å². The second-order valence-corrected chi connectivity index (χ2v) is 7.10. The Morgan fingerprint density at radius 3 is 2.92 bits per heavy atom. The summed E-state index contributed by atoms with van der Waals surface area (Å²) in [5, 5.41) is 6.45. The van der Waals surface area contributed by atoms with Gasteiger partial charge in [0.2, 0.25) is 0 Å². The third-order valence-corrected chi connectivity index (χ3v) is 5.31. The van der Waals surface area contributed by atoms with Crippen LogP contribution >= 0.6 is 11.3 Å². The minimum absolute atomic E-state index is 0.279. The van der Waals surface area contributed by atoms with E-state index in [1.807, 2.05) is 18.2 Å². The van der Waals surface area contributed by atoms with Crippen LogP contribution in [0.4, 0.5) is 10.8 Å². The normalized spacial score (nSPS) is 18.4. The summed E-state index contributed by atoms with van der Waals surface area (Å²) in [5.41, 5.74) is 3.46. The zero-order valence-electron chi connectivity index (χ0n) is 14.3. The van der Waals surface area contributed by atoms with Gasteiger partial charge in [0.15, 0.2) is 5.13 Å². The minimum Gasteiger partial charge on any atom is -0.378 e. The van der Waals surface area contributed by atoms with Gasteiger partial charge in [-0.05, 0) is 24.3 Å². The van der Waals surface area contributed by atoms with E-state index in [1.165, 1.54) is 5.69 Å². The molecule has 0 unspecified atom stereocenters. The molecular formula is C19H22N4OS. The molecule has 1 aliphatic rings. The Labute approximate surface area is 151 Å². The Hall–Kier alpha value is -2.15. The molecule has 0 saturated carbocycles. The first-order chi connectivity index (χ1) is 12.3. The van der Waals surface area contributed by atoms with Gasteiger partial charge in [-0.1, -0.05) is 18.2 Å². The lowest BCUT2D eigenvalue weighted by Gasteiger charge is -2.35. The van der Waals surface area contributed by atoms with E-state index >= 15 is 0 Å². The summed E-state index contributed by atoms with van der Waals surface area (Å²) in [6.45, 7) is 3.28. The van der Waals surface area contributed by atoms with Gasteiger partial charge in [-0.3, -0.25) is 4.90 Å². The maximum absolute atomic E-state index is 5.73. The number of rotatable bonds is 5. The largest absolute Gasteiger partial charge is 0.378 e. The second-order valence-electron chi connectivity index (χ2n) is 6.24. The number of anilines is 2. The van der Waals surface area contributed by atoms with Gasteiger partial charge in [0.05, 0.1) is 24.9 Å². The molecule has 5 nitrogen and oxygen atoms in total. The number of thiazole rings is 1. The van der Waals surface area contributed by atoms with Crippen LogP contribution in [0, 0.1) is 0 Å². The first kappa shape index (κ1) is 16.3. The quantitative estimate of drug-likeness (QED) is 0.757. The first-order valence-corrected chi connectivity index (χ1v) is 9.37. The molecule has 1 atom stereocenters. The van der Waals surface area contributed by atoms with Crippen molar-refractivity contribution in [3.63, 3.8) is 0 Å². The Bertz CT molecular complexity index is 814. The zero-order valence-corrected chi connectivity index (χ0v) is 15.1. The highest BCUT2D eigenvalue weighted by atomic mass is 32.1. The summed E-state index contributed by atoms with van der Waals surface area (Å²) in [6.07, 6.45) is 2.09. The van der Waals surface area contributed by atoms with Gasteiger partial charge in [0.1, 0.15) is 0 Å². The van der Waals surface area contributed by atoms with Crippen LogP contribution in [0.15, 0.2) is 54.0 Å². The second kappa shape index (κ2) is 7.39. The van der Waals surface area contributed by atoms with Crippen molar-refractivity contribution in [3.05, 3.63) is 65.4 Å². The molecule has 4 rings (SSSR count). The molecule has 0 bridgehead atoms. The molecule has 3 aromatic rings. The molecule has 2 aromatic heterocycles. The van der Waals surface area contributed by atoms with Crippen molar-refractivity contribution in [2.24, 2.45) is 7.05 Å². The molecule has 25 heavy (non-hydrogen) atoms. The van der Waals surface area contributed by atoms with Crippen molar-refractivity contribution >= 4 is 22.2 Å². The highest BCUT2D eigenvalue weighted by Gasteiger charge is 2.26. The fraction of sp³-hybridized carbons (Fsp3) is 0.316. The number of morpholine rings is 1. The van der Waals surface area contributed by atoms with E-state index in [2.05, 4.69) is 57.7 Å². The molecule has 0 amide bonds. The summed E-state index contributed by atoms with van der Waals surface area (Å²) >= 11 is 1.65. The number of aromatic nitrogens is 2. The zero-order chi connectivity index (χ0) is 17.1. The third-order valence-electron chi connectivity index (χ3n) is 4.51. The summed E-state index contributed by atoms with van der Waals surface area (Å²) in [7, 11) is 2.09. The summed E-state index contributed by atoms with van der Waals surface area (Å²) < 4.78 is 7.90. The minimum atomic E-state index is 0.279. The third kappa shape index (κ3) is 3.76. The van der Waals surface area contributed by atoms with Crippen LogP contribution in [0.1, 0.15) is 17.4 Å². The Kier molecular flexibility index (Phi) is 4.83. The average Bonchev–Trinajstić information content (AvgIpc) is 3.25. The van der Waals surface area contributed by atoms with Gasteiger partial charge in [-0.25, -0.2) is 4.98 Å². The fourth-order valence-electron chi connectivity index (χ4n) is 3.21. The number of para-hydroxylation sites is 1. The number of ether oxygens (including phenoxy) is 1. The first-order valence-electron chi connectivity index (χ1n) is 8.49. The molecule has 3 heterocycles. The van der Waals surface area contributed by atoms with Crippen LogP contribution in [-0.4, -0.2) is 34.2 Å². The lowest BCUT2D eigenvalue weighted by Crippen LogP contribution is -2.39. The summed E-state index contributed by atoms with van der Waals surface area (Å²) in [6, 6.07) is 14.7. The molecule has 1 aromatic carbocycles.